The predicted octanol–water partition coefficient (Wildman–Crippen LogP) is 1.76. The summed E-state index contributed by atoms with van der Waals surface area (Å²) in [7, 11) is 1.72. The number of hydrogen-bond acceptors (Lipinski definition) is 8. The fraction of sp³-hybridized carbons (Fsp3) is 0.440. The van der Waals surface area contributed by atoms with E-state index in [0.717, 1.165) is 44.9 Å². The summed E-state index contributed by atoms with van der Waals surface area (Å²) in [6, 6.07) is 8.34. The first-order valence-electron chi connectivity index (χ1n) is 11.6. The van der Waals surface area contributed by atoms with E-state index in [-0.39, 0.29) is 0 Å². The largest absolute Gasteiger partial charge is 0.497 e. The number of rotatable bonds is 10. The molecule has 0 aliphatic carbocycles. The van der Waals surface area contributed by atoms with Crippen LogP contribution in [0.25, 0.3) is 6.20 Å². The SMILES string of the molecule is C=Cn1ncc(CN2CCCN(c3cccc(OC)c3)CC2)c1C.O=C(O)CC(O)(CC(=O)O)C(=O)O. The fourth-order valence-electron chi connectivity index (χ4n) is 3.95. The first-order chi connectivity index (χ1) is 17.5. The molecule has 0 unspecified atom stereocenters. The van der Waals surface area contributed by atoms with Crippen LogP contribution < -0.4 is 9.64 Å². The van der Waals surface area contributed by atoms with Crippen LogP contribution in [0.3, 0.4) is 0 Å². The number of ether oxygens (including phenoxy) is 1. The van der Waals surface area contributed by atoms with Crippen LogP contribution in [0.4, 0.5) is 5.69 Å². The highest BCUT2D eigenvalue weighted by atomic mass is 16.5. The van der Waals surface area contributed by atoms with E-state index in [1.54, 1.807) is 13.3 Å². The molecule has 1 aromatic carbocycles. The Morgan fingerprint density at radius 3 is 2.32 bits per heavy atom. The van der Waals surface area contributed by atoms with Gasteiger partial charge in [0.1, 0.15) is 5.75 Å². The Labute approximate surface area is 215 Å². The van der Waals surface area contributed by atoms with Gasteiger partial charge >= 0.3 is 17.9 Å². The Balaban J connectivity index is 0.000000317. The monoisotopic (exact) mass is 518 g/mol. The van der Waals surface area contributed by atoms with Crippen LogP contribution in [0.2, 0.25) is 0 Å². The summed E-state index contributed by atoms with van der Waals surface area (Å²) in [5.74, 6) is -4.10. The van der Waals surface area contributed by atoms with E-state index in [2.05, 4.69) is 46.6 Å². The molecule has 37 heavy (non-hydrogen) atoms. The average Bonchev–Trinajstić information content (AvgIpc) is 3.03. The van der Waals surface area contributed by atoms with E-state index >= 15 is 0 Å². The number of aliphatic hydroxyl groups is 1. The minimum Gasteiger partial charge on any atom is -0.497 e. The number of carboxylic acid groups (broad SMARTS) is 3. The molecule has 12 nitrogen and oxygen atoms in total. The van der Waals surface area contributed by atoms with Crippen molar-refractivity contribution in [1.29, 1.82) is 0 Å². The van der Waals surface area contributed by atoms with E-state index < -0.39 is 36.4 Å². The van der Waals surface area contributed by atoms with Gasteiger partial charge in [0.2, 0.25) is 0 Å². The highest BCUT2D eigenvalue weighted by Crippen LogP contribution is 2.23. The molecule has 4 N–H and O–H groups in total. The van der Waals surface area contributed by atoms with E-state index in [0.29, 0.717) is 0 Å². The molecule has 2 heterocycles. The van der Waals surface area contributed by atoms with Crippen LogP contribution in [-0.4, -0.2) is 91.9 Å². The third-order valence-corrected chi connectivity index (χ3v) is 6.01. The van der Waals surface area contributed by atoms with E-state index in [4.69, 9.17) is 25.2 Å². The molecule has 0 bridgehead atoms. The van der Waals surface area contributed by atoms with Gasteiger partial charge in [-0.05, 0) is 25.5 Å². The summed E-state index contributed by atoms with van der Waals surface area (Å²) in [4.78, 5) is 35.4. The number of hydrogen-bond donors (Lipinski definition) is 4. The topological polar surface area (TPSA) is 166 Å². The number of anilines is 1. The van der Waals surface area contributed by atoms with Crippen LogP contribution in [0.15, 0.2) is 37.0 Å². The fourth-order valence-corrected chi connectivity index (χ4v) is 3.95. The summed E-state index contributed by atoms with van der Waals surface area (Å²) in [6.07, 6.45) is 2.59. The molecule has 3 rings (SSSR count). The number of methoxy groups -OCH3 is 1. The van der Waals surface area contributed by atoms with Crippen LogP contribution in [0.5, 0.6) is 5.75 Å². The molecule has 2 aromatic rings. The maximum absolute atomic E-state index is 10.3. The smallest absolute Gasteiger partial charge is 0.336 e. The Kier molecular flexibility index (Phi) is 10.6. The lowest BCUT2D eigenvalue weighted by molar-refractivity contribution is -0.170. The number of carbonyl (C=O) groups is 3. The molecule has 0 spiro atoms. The molecule has 12 heteroatoms. The molecular formula is C25H34N4O8. The van der Waals surface area contributed by atoms with Crippen molar-refractivity contribution in [2.75, 3.05) is 38.2 Å². The summed E-state index contributed by atoms with van der Waals surface area (Å²) < 4.78 is 7.19. The molecule has 1 fully saturated rings. The summed E-state index contributed by atoms with van der Waals surface area (Å²) in [5, 5.41) is 38.2. The summed E-state index contributed by atoms with van der Waals surface area (Å²) >= 11 is 0. The highest BCUT2D eigenvalue weighted by Gasteiger charge is 2.40. The third-order valence-electron chi connectivity index (χ3n) is 6.01. The van der Waals surface area contributed by atoms with Crippen molar-refractivity contribution in [2.45, 2.75) is 38.3 Å². The molecule has 0 atom stereocenters. The molecule has 1 aliphatic rings. The van der Waals surface area contributed by atoms with Gasteiger partial charge in [-0.1, -0.05) is 12.6 Å². The number of benzene rings is 1. The second-order valence-corrected chi connectivity index (χ2v) is 8.68. The van der Waals surface area contributed by atoms with Crippen molar-refractivity contribution in [3.63, 3.8) is 0 Å². The molecule has 1 saturated heterocycles. The van der Waals surface area contributed by atoms with Gasteiger partial charge < -0.3 is 30.1 Å². The first-order valence-corrected chi connectivity index (χ1v) is 11.6. The van der Waals surface area contributed by atoms with Gasteiger partial charge in [-0.3, -0.25) is 14.5 Å². The minimum atomic E-state index is -2.74. The Bertz CT molecular complexity index is 1080. The van der Waals surface area contributed by atoms with Crippen molar-refractivity contribution in [3.8, 4) is 5.75 Å². The van der Waals surface area contributed by atoms with Crippen molar-refractivity contribution in [1.82, 2.24) is 14.7 Å². The van der Waals surface area contributed by atoms with E-state index in [1.165, 1.54) is 16.9 Å². The molecule has 0 amide bonds. The van der Waals surface area contributed by atoms with E-state index in [1.807, 2.05) is 16.9 Å². The van der Waals surface area contributed by atoms with Crippen molar-refractivity contribution in [2.24, 2.45) is 0 Å². The van der Waals surface area contributed by atoms with Crippen LogP contribution in [0.1, 0.15) is 30.5 Å². The number of nitrogens with zero attached hydrogens (tertiary/aromatic N) is 4. The van der Waals surface area contributed by atoms with Crippen molar-refractivity contribution < 1.29 is 39.5 Å². The van der Waals surface area contributed by atoms with Gasteiger partial charge in [0, 0.05) is 61.9 Å². The van der Waals surface area contributed by atoms with Gasteiger partial charge in [-0.2, -0.15) is 5.10 Å². The zero-order valence-electron chi connectivity index (χ0n) is 21.0. The Hall–Kier alpha value is -3.90. The predicted molar refractivity (Wildman–Crippen MR) is 136 cm³/mol. The first kappa shape index (κ1) is 29.3. The lowest BCUT2D eigenvalue weighted by atomic mass is 9.96. The average molecular weight is 519 g/mol. The number of aromatic nitrogens is 2. The molecule has 1 aromatic heterocycles. The van der Waals surface area contributed by atoms with Gasteiger partial charge in [0.25, 0.3) is 0 Å². The second-order valence-electron chi connectivity index (χ2n) is 8.68. The molecule has 1 aliphatic heterocycles. The summed E-state index contributed by atoms with van der Waals surface area (Å²) in [5.41, 5.74) is 0.966. The number of carboxylic acids is 3. The zero-order chi connectivity index (χ0) is 27.6. The van der Waals surface area contributed by atoms with Crippen molar-refractivity contribution >= 4 is 29.8 Å². The van der Waals surface area contributed by atoms with Crippen molar-refractivity contribution in [3.05, 3.63) is 48.3 Å². The summed E-state index contributed by atoms with van der Waals surface area (Å²) in [6.45, 7) is 11.1. The van der Waals surface area contributed by atoms with Gasteiger partial charge in [0.05, 0.1) is 26.1 Å². The maximum Gasteiger partial charge on any atom is 0.336 e. The second kappa shape index (κ2) is 13.4. The Morgan fingerprint density at radius 2 is 1.78 bits per heavy atom. The van der Waals surface area contributed by atoms with Crippen LogP contribution in [0, 0.1) is 6.92 Å². The van der Waals surface area contributed by atoms with E-state index in [9.17, 15) is 14.4 Å². The lowest BCUT2D eigenvalue weighted by Crippen LogP contribution is -2.42. The minimum absolute atomic E-state index is 0.918. The lowest BCUT2D eigenvalue weighted by Gasteiger charge is -2.24. The van der Waals surface area contributed by atoms with Crippen LogP contribution >= 0.6 is 0 Å². The normalized spacial score (nSPS) is 14.2. The zero-order valence-corrected chi connectivity index (χ0v) is 21.0. The van der Waals surface area contributed by atoms with Gasteiger partial charge in [0.15, 0.2) is 5.60 Å². The molecular weight excluding hydrogens is 484 g/mol. The third kappa shape index (κ3) is 8.62. The maximum atomic E-state index is 10.3. The molecule has 202 valence electrons. The molecule has 0 radical (unpaired) electrons. The van der Waals surface area contributed by atoms with Gasteiger partial charge in [-0.15, -0.1) is 0 Å². The van der Waals surface area contributed by atoms with Crippen LogP contribution in [-0.2, 0) is 20.9 Å². The Morgan fingerprint density at radius 1 is 1.11 bits per heavy atom. The quantitative estimate of drug-likeness (QED) is 0.362. The molecule has 0 saturated carbocycles. The standard InChI is InChI=1S/C19H26N4O.C6H8O7/c1-4-23-16(2)17(14-20-23)15-21-9-6-10-22(12-11-21)18-7-5-8-19(13-18)24-3;7-3(8)1-6(13,5(11)12)2-4(9)10/h4-5,7-8,13-14H,1,6,9-12,15H2,2-3H3;13H,1-2H2,(H,7,8)(H,9,10)(H,11,12). The highest BCUT2D eigenvalue weighted by molar-refractivity contribution is 5.88. The number of aliphatic carboxylic acids is 3. The van der Waals surface area contributed by atoms with Gasteiger partial charge in [-0.25, -0.2) is 9.48 Å².